The Balaban J connectivity index is 3.87. The van der Waals surface area contributed by atoms with Gasteiger partial charge in [-0.2, -0.15) is 0 Å². The molecule has 4 nitrogen and oxygen atoms in total. The monoisotopic (exact) mass is 356 g/mol. The summed E-state index contributed by atoms with van der Waals surface area (Å²) in [6, 6.07) is 0. The highest BCUT2D eigenvalue weighted by Gasteiger charge is 2.06. The minimum absolute atomic E-state index is 0.127. The summed E-state index contributed by atoms with van der Waals surface area (Å²) in [4.78, 5) is 20.6. The van der Waals surface area contributed by atoms with Crippen molar-refractivity contribution in [3.63, 3.8) is 0 Å². The van der Waals surface area contributed by atoms with E-state index >= 15 is 0 Å². The highest BCUT2D eigenvalue weighted by molar-refractivity contribution is 5.50. The Hall–Kier alpha value is -2.49. The van der Waals surface area contributed by atoms with E-state index in [1.807, 2.05) is 12.2 Å². The van der Waals surface area contributed by atoms with Gasteiger partial charge in [0.05, 0.1) is 11.3 Å². The van der Waals surface area contributed by atoms with Gasteiger partial charge in [-0.05, 0) is 44.6 Å². The van der Waals surface area contributed by atoms with Gasteiger partial charge in [0.2, 0.25) is 5.70 Å². The zero-order valence-electron chi connectivity index (χ0n) is 15.7. The van der Waals surface area contributed by atoms with Gasteiger partial charge < -0.3 is 0 Å². The highest BCUT2D eigenvalue weighted by atomic mass is 16.6. The minimum atomic E-state index is -0.398. The van der Waals surface area contributed by atoms with E-state index in [0.29, 0.717) is 6.42 Å². The second-order valence-electron chi connectivity index (χ2n) is 5.55. The molecule has 0 aromatic heterocycles. The van der Waals surface area contributed by atoms with Crippen molar-refractivity contribution >= 4 is 6.29 Å². The molecule has 0 N–H and O–H groups in total. The minimum Gasteiger partial charge on any atom is -0.291 e. The van der Waals surface area contributed by atoms with Crippen molar-refractivity contribution in [1.29, 1.82) is 0 Å². The summed E-state index contributed by atoms with van der Waals surface area (Å²) in [6.45, 7) is 2.13. The van der Waals surface area contributed by atoms with Gasteiger partial charge in [0.15, 0.2) is 6.29 Å². The number of rotatable bonds is 15. The fourth-order valence-corrected chi connectivity index (χ4v) is 1.98. The van der Waals surface area contributed by atoms with Crippen LogP contribution in [-0.4, -0.2) is 11.2 Å². The van der Waals surface area contributed by atoms with Gasteiger partial charge in [-0.15, -0.1) is 0 Å². The predicted octanol–water partition coefficient (Wildman–Crippen LogP) is 6.18. The van der Waals surface area contributed by atoms with Crippen molar-refractivity contribution < 1.29 is 9.72 Å². The molecule has 26 heavy (non-hydrogen) atoms. The molecule has 0 heterocycles. The number of hydrogen-bond donors (Lipinski definition) is 0. The Bertz CT molecular complexity index is 552. The van der Waals surface area contributed by atoms with Gasteiger partial charge in [-0.3, -0.25) is 14.9 Å². The SMILES string of the molecule is CC/C=C/C/C=C/C/C=C/C/C=C/C/C=C/C/C(=C/CC[C]=O)[N+](=O)[O-]. The summed E-state index contributed by atoms with van der Waals surface area (Å²) in [6.07, 6.45) is 29.5. The molecule has 0 aromatic carbocycles. The van der Waals surface area contributed by atoms with Crippen molar-refractivity contribution in [2.75, 3.05) is 0 Å². The zero-order valence-corrected chi connectivity index (χ0v) is 15.7. The summed E-state index contributed by atoms with van der Waals surface area (Å²) in [5, 5.41) is 10.8. The lowest BCUT2D eigenvalue weighted by atomic mass is 10.2. The summed E-state index contributed by atoms with van der Waals surface area (Å²) >= 11 is 0. The summed E-state index contributed by atoms with van der Waals surface area (Å²) in [7, 11) is 0. The van der Waals surface area contributed by atoms with Crippen LogP contribution in [0.4, 0.5) is 0 Å². The Labute approximate surface area is 157 Å². The fraction of sp³-hybridized carbons (Fsp3) is 0.409. The molecule has 0 rings (SSSR count). The molecule has 0 bridgehead atoms. The van der Waals surface area contributed by atoms with Gasteiger partial charge in [0.1, 0.15) is 0 Å². The number of nitro groups is 1. The van der Waals surface area contributed by atoms with Gasteiger partial charge >= 0.3 is 0 Å². The van der Waals surface area contributed by atoms with Crippen molar-refractivity contribution in [3.05, 3.63) is 82.6 Å². The average Bonchev–Trinajstić information content (AvgIpc) is 2.63. The Morgan fingerprint density at radius 3 is 1.73 bits per heavy atom. The number of unbranched alkanes of at least 4 members (excludes halogenated alkanes) is 1. The molecule has 0 aliphatic rings. The molecule has 0 aliphatic carbocycles. The average molecular weight is 356 g/mol. The van der Waals surface area contributed by atoms with E-state index in [1.165, 1.54) is 6.08 Å². The number of hydrogen-bond acceptors (Lipinski definition) is 3. The van der Waals surface area contributed by atoms with E-state index in [-0.39, 0.29) is 18.5 Å². The first-order valence-corrected chi connectivity index (χ1v) is 9.15. The van der Waals surface area contributed by atoms with Gasteiger partial charge in [-0.1, -0.05) is 67.7 Å². The molecule has 0 aromatic rings. The van der Waals surface area contributed by atoms with E-state index in [4.69, 9.17) is 0 Å². The topological polar surface area (TPSA) is 60.2 Å². The maximum atomic E-state index is 10.8. The van der Waals surface area contributed by atoms with Gasteiger partial charge in [0, 0.05) is 6.42 Å². The third kappa shape index (κ3) is 16.4. The lowest BCUT2D eigenvalue weighted by Gasteiger charge is -1.93. The van der Waals surface area contributed by atoms with Crippen molar-refractivity contribution in [2.45, 2.75) is 58.3 Å². The van der Waals surface area contributed by atoms with E-state index in [2.05, 4.69) is 49.5 Å². The maximum absolute atomic E-state index is 10.8. The lowest BCUT2D eigenvalue weighted by Crippen LogP contribution is -1.97. The third-order valence-corrected chi connectivity index (χ3v) is 3.35. The van der Waals surface area contributed by atoms with E-state index in [0.717, 1.165) is 32.1 Å². The van der Waals surface area contributed by atoms with Crippen LogP contribution >= 0.6 is 0 Å². The first-order chi connectivity index (χ1) is 12.7. The van der Waals surface area contributed by atoms with Crippen LogP contribution in [0.5, 0.6) is 0 Å². The molecule has 141 valence electrons. The predicted molar refractivity (Wildman–Crippen MR) is 109 cm³/mol. The van der Waals surface area contributed by atoms with Crippen LogP contribution in [0.3, 0.4) is 0 Å². The van der Waals surface area contributed by atoms with E-state index in [9.17, 15) is 14.9 Å². The van der Waals surface area contributed by atoms with Gasteiger partial charge in [0.25, 0.3) is 0 Å². The highest BCUT2D eigenvalue weighted by Crippen LogP contribution is 2.06. The summed E-state index contributed by atoms with van der Waals surface area (Å²) in [5.41, 5.74) is 0.127. The first kappa shape index (κ1) is 23.5. The number of nitrogens with zero attached hydrogens (tertiary/aromatic N) is 1. The molecule has 0 fully saturated rings. The molecule has 0 aliphatic heterocycles. The Kier molecular flexibility index (Phi) is 17.0. The zero-order chi connectivity index (χ0) is 19.3. The fourth-order valence-electron chi connectivity index (χ4n) is 1.98. The van der Waals surface area contributed by atoms with Crippen LogP contribution in [0.1, 0.15) is 58.3 Å². The smallest absolute Gasteiger partial charge is 0.246 e. The molecular weight excluding hydrogens is 326 g/mol. The molecule has 4 heteroatoms. The number of carbonyl (C=O) groups excluding carboxylic acids is 1. The largest absolute Gasteiger partial charge is 0.291 e. The summed E-state index contributed by atoms with van der Waals surface area (Å²) < 4.78 is 0. The van der Waals surface area contributed by atoms with Crippen LogP contribution in [-0.2, 0) is 4.79 Å². The molecular formula is C22H30NO3. The molecule has 0 unspecified atom stereocenters. The normalized spacial score (nSPS) is 13.2. The molecule has 0 spiro atoms. The van der Waals surface area contributed by atoms with Gasteiger partial charge in [-0.25, -0.2) is 0 Å². The molecule has 0 saturated carbocycles. The second-order valence-corrected chi connectivity index (χ2v) is 5.55. The van der Waals surface area contributed by atoms with E-state index < -0.39 is 4.92 Å². The van der Waals surface area contributed by atoms with Crippen LogP contribution in [0, 0.1) is 10.1 Å². The summed E-state index contributed by atoms with van der Waals surface area (Å²) in [5.74, 6) is 0. The third-order valence-electron chi connectivity index (χ3n) is 3.35. The molecule has 0 saturated heterocycles. The molecule has 0 amide bonds. The Morgan fingerprint density at radius 1 is 0.846 bits per heavy atom. The van der Waals surface area contributed by atoms with Crippen molar-refractivity contribution in [3.8, 4) is 0 Å². The quantitative estimate of drug-likeness (QED) is 0.152. The van der Waals surface area contributed by atoms with Crippen molar-refractivity contribution in [1.82, 2.24) is 0 Å². The molecule has 1 radical (unpaired) electrons. The first-order valence-electron chi connectivity index (χ1n) is 9.15. The van der Waals surface area contributed by atoms with E-state index in [1.54, 1.807) is 12.4 Å². The van der Waals surface area contributed by atoms with Crippen molar-refractivity contribution in [2.24, 2.45) is 0 Å². The molecule has 0 atom stereocenters. The van der Waals surface area contributed by atoms with Crippen LogP contribution < -0.4 is 0 Å². The van der Waals surface area contributed by atoms with Crippen LogP contribution in [0.2, 0.25) is 0 Å². The number of allylic oxidation sites excluding steroid dienone is 11. The maximum Gasteiger partial charge on any atom is 0.246 e. The van der Waals surface area contributed by atoms with Crippen LogP contribution in [0.15, 0.2) is 72.5 Å². The lowest BCUT2D eigenvalue weighted by molar-refractivity contribution is -0.427. The second kappa shape index (κ2) is 18.8. The Morgan fingerprint density at radius 2 is 1.31 bits per heavy atom. The van der Waals surface area contributed by atoms with Crippen LogP contribution in [0.25, 0.3) is 0 Å². The standard InChI is InChI=1S/C22H30NO3/c1-2-3-4-5-6-7-8-9-10-11-12-13-14-15-16-19-22(23(25)26)20-17-18-21-24/h3-4,6-7,9-10,12-13,15-16,20H,2,5,8,11,14,17-19H2,1H3/b4-3+,7-6+,10-9+,13-12+,16-15+,22-20-.